The van der Waals surface area contributed by atoms with Crippen LogP contribution < -0.4 is 15.8 Å². The van der Waals surface area contributed by atoms with Crippen molar-refractivity contribution in [3.8, 4) is 17.0 Å². The van der Waals surface area contributed by atoms with Crippen molar-refractivity contribution in [3.05, 3.63) is 72.7 Å². The molecule has 1 aromatic heterocycles. The molecule has 3 N–H and O–H groups in total. The molecule has 0 saturated carbocycles. The van der Waals surface area contributed by atoms with E-state index in [1.165, 1.54) is 12.5 Å². The second-order valence-electron chi connectivity index (χ2n) is 5.38. The van der Waals surface area contributed by atoms with Crippen molar-refractivity contribution >= 4 is 17.5 Å². The van der Waals surface area contributed by atoms with Gasteiger partial charge >= 0.3 is 0 Å². The molecule has 0 aliphatic rings. The minimum atomic E-state index is -0.556. The molecule has 0 aliphatic carbocycles. The summed E-state index contributed by atoms with van der Waals surface area (Å²) in [5, 5.41) is 2.79. The summed E-state index contributed by atoms with van der Waals surface area (Å²) in [6, 6.07) is 16.0. The zero-order valence-electron chi connectivity index (χ0n) is 13.8. The van der Waals surface area contributed by atoms with E-state index in [2.05, 4.69) is 15.3 Å². The molecule has 0 atom stereocenters. The molecule has 3 aromatic rings. The molecule has 0 radical (unpaired) electrons. The smallest absolute Gasteiger partial charge is 0.259 e. The number of rotatable bonds is 6. The Balaban J connectivity index is 1.76. The van der Waals surface area contributed by atoms with Gasteiger partial charge in [-0.1, -0.05) is 30.3 Å². The minimum Gasteiger partial charge on any atom is -0.484 e. The molecular weight excluding hydrogens is 332 g/mol. The van der Waals surface area contributed by atoms with Crippen molar-refractivity contribution in [2.75, 3.05) is 11.9 Å². The summed E-state index contributed by atoms with van der Waals surface area (Å²) in [6.45, 7) is -0.201. The number of amides is 2. The lowest BCUT2D eigenvalue weighted by Gasteiger charge is -2.10. The Morgan fingerprint density at radius 2 is 1.77 bits per heavy atom. The predicted octanol–water partition coefficient (Wildman–Crippen LogP) is 2.26. The molecule has 0 bridgehead atoms. The molecule has 7 nitrogen and oxygen atoms in total. The highest BCUT2D eigenvalue weighted by Gasteiger charge is 2.14. The fraction of sp³-hybridized carbons (Fsp3) is 0.0526. The summed E-state index contributed by atoms with van der Waals surface area (Å²) >= 11 is 0. The Hall–Kier alpha value is -3.74. The third-order valence-corrected chi connectivity index (χ3v) is 3.50. The number of anilines is 1. The van der Waals surface area contributed by atoms with E-state index in [1.807, 2.05) is 30.3 Å². The Morgan fingerprint density at radius 3 is 2.46 bits per heavy atom. The molecular formula is C19H16N4O3. The van der Waals surface area contributed by atoms with E-state index in [4.69, 9.17) is 10.5 Å². The van der Waals surface area contributed by atoms with Crippen molar-refractivity contribution < 1.29 is 14.3 Å². The van der Waals surface area contributed by atoms with Crippen LogP contribution >= 0.6 is 0 Å². The molecule has 0 spiro atoms. The van der Waals surface area contributed by atoms with E-state index in [0.29, 0.717) is 22.7 Å². The number of hydrogen-bond acceptors (Lipinski definition) is 5. The molecule has 7 heteroatoms. The molecule has 3 rings (SSSR count). The standard InChI is InChI=1S/C19H16N4O3/c20-17(24)11-26-15-8-6-14(7-9-15)23-19(25)16-10-21-12-22-18(16)13-4-2-1-3-5-13/h1-10,12H,11H2,(H2,20,24)(H,23,25). The second-order valence-corrected chi connectivity index (χ2v) is 5.38. The minimum absolute atomic E-state index is 0.201. The number of nitrogens with zero attached hydrogens (tertiary/aromatic N) is 2. The van der Waals surface area contributed by atoms with Gasteiger partial charge in [0.2, 0.25) is 0 Å². The molecule has 0 unspecified atom stereocenters. The van der Waals surface area contributed by atoms with Gasteiger partial charge < -0.3 is 15.8 Å². The summed E-state index contributed by atoms with van der Waals surface area (Å²) in [7, 11) is 0. The average molecular weight is 348 g/mol. The molecule has 0 fully saturated rings. The molecule has 1 heterocycles. The van der Waals surface area contributed by atoms with Gasteiger partial charge in [-0.2, -0.15) is 0 Å². The first kappa shape index (κ1) is 17.1. The maximum absolute atomic E-state index is 12.6. The van der Waals surface area contributed by atoms with Crippen LogP contribution in [0.3, 0.4) is 0 Å². The van der Waals surface area contributed by atoms with Crippen LogP contribution in [0.25, 0.3) is 11.3 Å². The number of primary amides is 1. The lowest BCUT2D eigenvalue weighted by atomic mass is 10.1. The Kier molecular flexibility index (Phi) is 5.19. The fourth-order valence-electron chi connectivity index (χ4n) is 2.31. The third-order valence-electron chi connectivity index (χ3n) is 3.50. The van der Waals surface area contributed by atoms with E-state index in [-0.39, 0.29) is 12.5 Å². The molecule has 130 valence electrons. The van der Waals surface area contributed by atoms with Gasteiger partial charge in [0, 0.05) is 17.4 Å². The van der Waals surface area contributed by atoms with E-state index in [0.717, 1.165) is 5.56 Å². The largest absolute Gasteiger partial charge is 0.484 e. The van der Waals surface area contributed by atoms with Crippen LogP contribution in [-0.2, 0) is 4.79 Å². The quantitative estimate of drug-likeness (QED) is 0.710. The zero-order valence-corrected chi connectivity index (χ0v) is 13.8. The summed E-state index contributed by atoms with van der Waals surface area (Å²) in [4.78, 5) is 31.5. The van der Waals surface area contributed by atoms with Crippen LogP contribution in [0.2, 0.25) is 0 Å². The van der Waals surface area contributed by atoms with Crippen molar-refractivity contribution in [1.82, 2.24) is 9.97 Å². The number of ether oxygens (including phenoxy) is 1. The van der Waals surface area contributed by atoms with E-state index >= 15 is 0 Å². The van der Waals surface area contributed by atoms with Crippen molar-refractivity contribution in [2.45, 2.75) is 0 Å². The highest BCUT2D eigenvalue weighted by Crippen LogP contribution is 2.22. The maximum atomic E-state index is 12.6. The Labute approximate surface area is 149 Å². The first-order chi connectivity index (χ1) is 12.6. The van der Waals surface area contributed by atoms with E-state index in [1.54, 1.807) is 24.3 Å². The van der Waals surface area contributed by atoms with Gasteiger partial charge in [-0.3, -0.25) is 9.59 Å². The molecule has 0 saturated heterocycles. The molecule has 2 amide bonds. The van der Waals surface area contributed by atoms with Crippen LogP contribution in [0, 0.1) is 0 Å². The molecule has 0 aliphatic heterocycles. The average Bonchev–Trinajstić information content (AvgIpc) is 2.68. The van der Waals surface area contributed by atoms with Crippen molar-refractivity contribution in [3.63, 3.8) is 0 Å². The topological polar surface area (TPSA) is 107 Å². The lowest BCUT2D eigenvalue weighted by molar-refractivity contribution is -0.119. The van der Waals surface area contributed by atoms with Gasteiger partial charge in [0.05, 0.1) is 11.3 Å². The van der Waals surface area contributed by atoms with Crippen LogP contribution in [0.1, 0.15) is 10.4 Å². The van der Waals surface area contributed by atoms with Gasteiger partial charge in [-0.25, -0.2) is 9.97 Å². The van der Waals surface area contributed by atoms with Crippen LogP contribution in [0.4, 0.5) is 5.69 Å². The number of carbonyl (C=O) groups excluding carboxylic acids is 2. The SMILES string of the molecule is NC(=O)COc1ccc(NC(=O)c2cncnc2-c2ccccc2)cc1. The highest BCUT2D eigenvalue weighted by molar-refractivity contribution is 6.07. The lowest BCUT2D eigenvalue weighted by Crippen LogP contribution is -2.20. The number of benzene rings is 2. The van der Waals surface area contributed by atoms with Crippen molar-refractivity contribution in [2.24, 2.45) is 5.73 Å². The molecule has 26 heavy (non-hydrogen) atoms. The summed E-state index contributed by atoms with van der Waals surface area (Å²) < 4.78 is 5.18. The Bertz CT molecular complexity index is 912. The predicted molar refractivity (Wildman–Crippen MR) is 96.6 cm³/mol. The van der Waals surface area contributed by atoms with Gasteiger partial charge in [0.25, 0.3) is 11.8 Å². The fourth-order valence-corrected chi connectivity index (χ4v) is 2.31. The van der Waals surface area contributed by atoms with Gasteiger partial charge in [-0.05, 0) is 24.3 Å². The monoisotopic (exact) mass is 348 g/mol. The van der Waals surface area contributed by atoms with Crippen LogP contribution in [0.5, 0.6) is 5.75 Å². The normalized spacial score (nSPS) is 10.2. The van der Waals surface area contributed by atoms with E-state index < -0.39 is 5.91 Å². The number of nitrogens with two attached hydrogens (primary N) is 1. The van der Waals surface area contributed by atoms with Gasteiger partial charge in [0.15, 0.2) is 6.61 Å². The maximum Gasteiger partial charge on any atom is 0.259 e. The van der Waals surface area contributed by atoms with Crippen molar-refractivity contribution in [1.29, 1.82) is 0 Å². The number of carbonyl (C=O) groups is 2. The summed E-state index contributed by atoms with van der Waals surface area (Å²) in [5.41, 5.74) is 7.36. The molecule has 2 aromatic carbocycles. The third kappa shape index (κ3) is 4.21. The highest BCUT2D eigenvalue weighted by atomic mass is 16.5. The number of nitrogens with one attached hydrogen (secondary N) is 1. The second kappa shape index (κ2) is 7.89. The summed E-state index contributed by atoms with van der Waals surface area (Å²) in [5.74, 6) is -0.398. The van der Waals surface area contributed by atoms with Gasteiger partial charge in [-0.15, -0.1) is 0 Å². The summed E-state index contributed by atoms with van der Waals surface area (Å²) in [6.07, 6.45) is 2.89. The van der Waals surface area contributed by atoms with Gasteiger partial charge in [0.1, 0.15) is 12.1 Å². The number of aromatic nitrogens is 2. The van der Waals surface area contributed by atoms with E-state index in [9.17, 15) is 9.59 Å². The van der Waals surface area contributed by atoms with Crippen LogP contribution in [0.15, 0.2) is 67.1 Å². The first-order valence-electron chi connectivity index (χ1n) is 7.81. The number of hydrogen-bond donors (Lipinski definition) is 2. The Morgan fingerprint density at radius 1 is 1.04 bits per heavy atom. The first-order valence-corrected chi connectivity index (χ1v) is 7.81. The zero-order chi connectivity index (χ0) is 18.4. The van der Waals surface area contributed by atoms with Crippen LogP contribution in [-0.4, -0.2) is 28.4 Å².